The van der Waals surface area contributed by atoms with Gasteiger partial charge in [0.25, 0.3) is 0 Å². The molecule has 0 spiro atoms. The number of benzene rings is 2. The SMILES string of the molecule is COc1ccc2cc(C(C)(C)S)ccc2c1. The van der Waals surface area contributed by atoms with Crippen LogP contribution in [0.25, 0.3) is 10.8 Å². The molecule has 0 unspecified atom stereocenters. The minimum Gasteiger partial charge on any atom is -0.497 e. The highest BCUT2D eigenvalue weighted by Gasteiger charge is 2.14. The summed E-state index contributed by atoms with van der Waals surface area (Å²) in [6.45, 7) is 4.20. The molecule has 0 aliphatic heterocycles. The maximum atomic E-state index is 5.20. The van der Waals surface area contributed by atoms with Crippen LogP contribution in [0.3, 0.4) is 0 Å². The Morgan fingerprint density at radius 3 is 2.25 bits per heavy atom. The van der Waals surface area contributed by atoms with E-state index >= 15 is 0 Å². The zero-order chi connectivity index (χ0) is 11.8. The minimum atomic E-state index is -0.103. The van der Waals surface area contributed by atoms with Crippen molar-refractivity contribution in [3.8, 4) is 5.75 Å². The fraction of sp³-hybridized carbons (Fsp3) is 0.286. The fourth-order valence-electron chi connectivity index (χ4n) is 1.73. The highest BCUT2D eigenvalue weighted by atomic mass is 32.1. The van der Waals surface area contributed by atoms with Crippen LogP contribution in [-0.4, -0.2) is 7.11 Å². The van der Waals surface area contributed by atoms with E-state index in [-0.39, 0.29) is 4.75 Å². The molecule has 1 nitrogen and oxygen atoms in total. The lowest BCUT2D eigenvalue weighted by atomic mass is 9.98. The fourth-order valence-corrected chi connectivity index (χ4v) is 1.87. The molecular formula is C14H16OS. The Hall–Kier alpha value is -1.15. The zero-order valence-electron chi connectivity index (χ0n) is 9.82. The number of methoxy groups -OCH3 is 1. The van der Waals surface area contributed by atoms with E-state index in [9.17, 15) is 0 Å². The number of ether oxygens (including phenoxy) is 1. The molecule has 0 atom stereocenters. The van der Waals surface area contributed by atoms with Gasteiger partial charge in [0, 0.05) is 4.75 Å². The lowest BCUT2D eigenvalue weighted by Gasteiger charge is -2.18. The van der Waals surface area contributed by atoms with E-state index in [1.54, 1.807) is 7.11 Å². The predicted molar refractivity (Wildman–Crippen MR) is 72.5 cm³/mol. The van der Waals surface area contributed by atoms with Gasteiger partial charge in [-0.1, -0.05) is 18.2 Å². The van der Waals surface area contributed by atoms with Gasteiger partial charge in [0.1, 0.15) is 5.75 Å². The molecule has 0 aliphatic carbocycles. The molecule has 2 aromatic rings. The molecule has 0 heterocycles. The second-order valence-electron chi connectivity index (χ2n) is 4.49. The normalized spacial score (nSPS) is 11.8. The first-order valence-corrected chi connectivity index (χ1v) is 5.76. The summed E-state index contributed by atoms with van der Waals surface area (Å²) < 4.78 is 5.10. The van der Waals surface area contributed by atoms with Crippen LogP contribution in [0.15, 0.2) is 36.4 Å². The van der Waals surface area contributed by atoms with Crippen molar-refractivity contribution in [2.75, 3.05) is 7.11 Å². The third-order valence-electron chi connectivity index (χ3n) is 2.75. The summed E-state index contributed by atoms with van der Waals surface area (Å²) in [5, 5.41) is 2.42. The Balaban J connectivity index is 2.56. The van der Waals surface area contributed by atoms with Crippen molar-refractivity contribution in [3.05, 3.63) is 42.0 Å². The Morgan fingerprint density at radius 1 is 1.00 bits per heavy atom. The van der Waals surface area contributed by atoms with Crippen LogP contribution in [0.4, 0.5) is 0 Å². The van der Waals surface area contributed by atoms with Gasteiger partial charge < -0.3 is 4.74 Å². The molecule has 2 rings (SSSR count). The van der Waals surface area contributed by atoms with Crippen LogP contribution in [0.5, 0.6) is 5.75 Å². The summed E-state index contributed by atoms with van der Waals surface area (Å²) in [5.41, 5.74) is 1.23. The zero-order valence-corrected chi connectivity index (χ0v) is 10.7. The van der Waals surface area contributed by atoms with E-state index in [0.717, 1.165) is 5.75 Å². The van der Waals surface area contributed by atoms with E-state index in [1.807, 2.05) is 12.1 Å². The second kappa shape index (κ2) is 4.02. The van der Waals surface area contributed by atoms with Crippen molar-refractivity contribution in [2.24, 2.45) is 0 Å². The first-order valence-electron chi connectivity index (χ1n) is 5.31. The number of fused-ring (bicyclic) bond motifs is 1. The molecule has 0 fully saturated rings. The third kappa shape index (κ3) is 2.17. The van der Waals surface area contributed by atoms with Crippen molar-refractivity contribution in [1.82, 2.24) is 0 Å². The quantitative estimate of drug-likeness (QED) is 0.770. The van der Waals surface area contributed by atoms with Crippen LogP contribution in [-0.2, 0) is 4.75 Å². The molecule has 84 valence electrons. The molecule has 0 amide bonds. The summed E-state index contributed by atoms with van der Waals surface area (Å²) in [6, 6.07) is 12.5. The second-order valence-corrected chi connectivity index (χ2v) is 5.60. The van der Waals surface area contributed by atoms with Gasteiger partial charge in [-0.3, -0.25) is 0 Å². The lowest BCUT2D eigenvalue weighted by molar-refractivity contribution is 0.415. The largest absolute Gasteiger partial charge is 0.497 e. The van der Waals surface area contributed by atoms with Crippen molar-refractivity contribution < 1.29 is 4.74 Å². The van der Waals surface area contributed by atoms with Gasteiger partial charge >= 0.3 is 0 Å². The first kappa shape index (κ1) is 11.3. The van der Waals surface area contributed by atoms with Crippen LogP contribution in [0, 0.1) is 0 Å². The Labute approximate surface area is 102 Å². The van der Waals surface area contributed by atoms with E-state index in [1.165, 1.54) is 16.3 Å². The highest BCUT2D eigenvalue weighted by molar-refractivity contribution is 7.81. The number of hydrogen-bond acceptors (Lipinski definition) is 2. The molecule has 0 N–H and O–H groups in total. The van der Waals surface area contributed by atoms with Gasteiger partial charge in [0.2, 0.25) is 0 Å². The molecular weight excluding hydrogens is 216 g/mol. The molecule has 2 aromatic carbocycles. The summed E-state index contributed by atoms with van der Waals surface area (Å²) in [5.74, 6) is 0.894. The maximum absolute atomic E-state index is 5.20. The number of rotatable bonds is 2. The van der Waals surface area contributed by atoms with Gasteiger partial charge in [-0.15, -0.1) is 0 Å². The number of hydrogen-bond donors (Lipinski definition) is 1. The maximum Gasteiger partial charge on any atom is 0.119 e. The topological polar surface area (TPSA) is 9.23 Å². The van der Waals surface area contributed by atoms with E-state index in [0.29, 0.717) is 0 Å². The average molecular weight is 232 g/mol. The van der Waals surface area contributed by atoms with Crippen molar-refractivity contribution in [2.45, 2.75) is 18.6 Å². The summed E-state index contributed by atoms with van der Waals surface area (Å²) in [6.07, 6.45) is 0. The number of thiol groups is 1. The van der Waals surface area contributed by atoms with E-state index < -0.39 is 0 Å². The Kier molecular flexibility index (Phi) is 2.85. The van der Waals surface area contributed by atoms with Gasteiger partial charge in [-0.2, -0.15) is 12.6 Å². The molecule has 2 heteroatoms. The minimum absolute atomic E-state index is 0.103. The van der Waals surface area contributed by atoms with Gasteiger partial charge in [-0.25, -0.2) is 0 Å². The van der Waals surface area contributed by atoms with Crippen molar-refractivity contribution in [1.29, 1.82) is 0 Å². The molecule has 0 bridgehead atoms. The van der Waals surface area contributed by atoms with Gasteiger partial charge in [0.05, 0.1) is 7.11 Å². The summed E-state index contributed by atoms with van der Waals surface area (Å²) in [4.78, 5) is 0. The Morgan fingerprint density at radius 2 is 1.62 bits per heavy atom. The van der Waals surface area contributed by atoms with Crippen LogP contribution in [0.2, 0.25) is 0 Å². The van der Waals surface area contributed by atoms with E-state index in [2.05, 4.69) is 50.7 Å². The van der Waals surface area contributed by atoms with Crippen LogP contribution in [0.1, 0.15) is 19.4 Å². The standard InChI is InChI=1S/C14H16OS/c1-14(2,16)12-6-4-11-9-13(15-3)7-5-10(11)8-12/h4-9,16H,1-3H3. The first-order chi connectivity index (χ1) is 7.50. The third-order valence-corrected chi connectivity index (χ3v) is 3.01. The summed E-state index contributed by atoms with van der Waals surface area (Å²) >= 11 is 4.58. The Bertz CT molecular complexity index is 512. The van der Waals surface area contributed by atoms with Gasteiger partial charge in [0.15, 0.2) is 0 Å². The monoisotopic (exact) mass is 232 g/mol. The van der Waals surface area contributed by atoms with E-state index in [4.69, 9.17) is 4.74 Å². The van der Waals surface area contributed by atoms with Gasteiger partial charge in [-0.05, 0) is 48.4 Å². The molecule has 0 aliphatic rings. The summed E-state index contributed by atoms with van der Waals surface area (Å²) in [7, 11) is 1.69. The molecule has 0 saturated heterocycles. The smallest absolute Gasteiger partial charge is 0.119 e. The molecule has 0 radical (unpaired) electrons. The highest BCUT2D eigenvalue weighted by Crippen LogP contribution is 2.30. The molecule has 0 aromatic heterocycles. The molecule has 16 heavy (non-hydrogen) atoms. The average Bonchev–Trinajstić information content (AvgIpc) is 2.26. The van der Waals surface area contributed by atoms with Crippen molar-refractivity contribution >= 4 is 23.4 Å². The lowest BCUT2D eigenvalue weighted by Crippen LogP contribution is -2.06. The van der Waals surface area contributed by atoms with Crippen LogP contribution < -0.4 is 4.74 Å². The van der Waals surface area contributed by atoms with Crippen molar-refractivity contribution in [3.63, 3.8) is 0 Å². The predicted octanol–water partition coefficient (Wildman–Crippen LogP) is 4.01. The molecule has 0 saturated carbocycles. The van der Waals surface area contributed by atoms with Crippen LogP contribution >= 0.6 is 12.6 Å².